The van der Waals surface area contributed by atoms with Crippen LogP contribution in [0.15, 0.2) is 0 Å². The second-order valence-corrected chi connectivity index (χ2v) is 4.40. The minimum Gasteiger partial charge on any atom is -0.481 e. The average molecular weight is 222 g/mol. The Kier molecular flexibility index (Phi) is 2.21. The summed E-state index contributed by atoms with van der Waals surface area (Å²) in [4.78, 5) is 15.2. The van der Waals surface area contributed by atoms with Crippen molar-refractivity contribution in [1.29, 1.82) is 0 Å². The molecule has 5 nitrogen and oxygen atoms in total. The molecule has 0 amide bonds. The van der Waals surface area contributed by atoms with Gasteiger partial charge in [-0.15, -0.1) is 0 Å². The number of rotatable bonds is 3. The number of ether oxygens (including phenoxy) is 1. The average Bonchev–Trinajstić information content (AvgIpc) is 3.00. The molecular formula is C11H14N2O3. The van der Waals surface area contributed by atoms with E-state index in [1.54, 1.807) is 0 Å². The van der Waals surface area contributed by atoms with Crippen molar-refractivity contribution in [2.45, 2.75) is 38.3 Å². The van der Waals surface area contributed by atoms with Crippen LogP contribution in [0.4, 0.5) is 0 Å². The zero-order chi connectivity index (χ0) is 11.1. The molecule has 1 fully saturated rings. The lowest BCUT2D eigenvalue weighted by atomic mass is 10.2. The van der Waals surface area contributed by atoms with E-state index in [9.17, 15) is 4.79 Å². The summed E-state index contributed by atoms with van der Waals surface area (Å²) in [6.45, 7) is 1.28. The number of carboxylic acids is 1. The van der Waals surface area contributed by atoms with Crippen LogP contribution < -0.4 is 0 Å². The van der Waals surface area contributed by atoms with Crippen LogP contribution in [0, 0.1) is 0 Å². The zero-order valence-electron chi connectivity index (χ0n) is 8.98. The van der Waals surface area contributed by atoms with E-state index in [0.717, 1.165) is 30.7 Å². The Bertz CT molecular complexity index is 435. The first-order valence-electron chi connectivity index (χ1n) is 5.64. The molecule has 2 aliphatic rings. The first-order chi connectivity index (χ1) is 7.75. The molecule has 1 aromatic heterocycles. The van der Waals surface area contributed by atoms with E-state index < -0.39 is 5.97 Å². The maximum absolute atomic E-state index is 10.8. The summed E-state index contributed by atoms with van der Waals surface area (Å²) in [7, 11) is 0. The molecule has 0 bridgehead atoms. The van der Waals surface area contributed by atoms with Gasteiger partial charge in [0.2, 0.25) is 0 Å². The molecule has 0 radical (unpaired) electrons. The van der Waals surface area contributed by atoms with Gasteiger partial charge in [0.25, 0.3) is 0 Å². The molecule has 86 valence electrons. The predicted molar refractivity (Wildman–Crippen MR) is 55.2 cm³/mol. The molecule has 0 saturated heterocycles. The second kappa shape index (κ2) is 3.59. The van der Waals surface area contributed by atoms with Gasteiger partial charge in [0.1, 0.15) is 12.2 Å². The third-order valence-electron chi connectivity index (χ3n) is 3.11. The summed E-state index contributed by atoms with van der Waals surface area (Å²) in [5, 5.41) is 8.87. The van der Waals surface area contributed by atoms with Crippen LogP contribution in [0.2, 0.25) is 0 Å². The molecule has 0 unspecified atom stereocenters. The van der Waals surface area contributed by atoms with Crippen molar-refractivity contribution >= 4 is 5.97 Å². The summed E-state index contributed by atoms with van der Waals surface area (Å²) >= 11 is 0. The molecule has 16 heavy (non-hydrogen) atoms. The molecule has 1 aromatic rings. The highest BCUT2D eigenvalue weighted by Gasteiger charge is 2.31. The van der Waals surface area contributed by atoms with E-state index in [-0.39, 0.29) is 6.42 Å². The van der Waals surface area contributed by atoms with E-state index >= 15 is 0 Å². The fourth-order valence-electron chi connectivity index (χ4n) is 2.28. The van der Waals surface area contributed by atoms with Gasteiger partial charge in [-0.2, -0.15) is 0 Å². The first kappa shape index (κ1) is 9.84. The molecule has 5 heteroatoms. The molecule has 0 aromatic carbocycles. The first-order valence-corrected chi connectivity index (χ1v) is 5.64. The van der Waals surface area contributed by atoms with Crippen molar-refractivity contribution in [3.63, 3.8) is 0 Å². The number of carboxylic acid groups (broad SMARTS) is 1. The Morgan fingerprint density at radius 2 is 2.38 bits per heavy atom. The van der Waals surface area contributed by atoms with E-state index in [1.165, 1.54) is 0 Å². The number of aromatic nitrogens is 2. The van der Waals surface area contributed by atoms with Gasteiger partial charge in [-0.05, 0) is 12.8 Å². The standard InChI is InChI=1S/C11H14N2O3/c14-11(15)5-10-12-8-3-4-16-6-9(8)13(10)7-1-2-7/h7H,1-6H2,(H,14,15). The van der Waals surface area contributed by atoms with E-state index in [1.807, 2.05) is 0 Å². The SMILES string of the molecule is O=C(O)Cc1nc2c(n1C1CC1)COCC2. The maximum atomic E-state index is 10.8. The topological polar surface area (TPSA) is 64.3 Å². The normalized spacial score (nSPS) is 19.5. The van der Waals surface area contributed by atoms with Crippen LogP contribution in [0.1, 0.15) is 36.1 Å². The Labute approximate surface area is 93.0 Å². The summed E-state index contributed by atoms with van der Waals surface area (Å²) in [6, 6.07) is 0.465. The minimum absolute atomic E-state index is 0.0174. The lowest BCUT2D eigenvalue weighted by Crippen LogP contribution is -2.14. The zero-order valence-corrected chi connectivity index (χ0v) is 8.98. The number of aliphatic carboxylic acids is 1. The molecule has 1 aliphatic heterocycles. The summed E-state index contributed by atoms with van der Waals surface area (Å²) in [5.41, 5.74) is 2.14. The molecule has 3 rings (SSSR count). The van der Waals surface area contributed by atoms with E-state index in [0.29, 0.717) is 25.1 Å². The number of fused-ring (bicyclic) bond motifs is 1. The van der Waals surface area contributed by atoms with Gasteiger partial charge in [-0.1, -0.05) is 0 Å². The Balaban J connectivity index is 2.01. The fraction of sp³-hybridized carbons (Fsp3) is 0.636. The van der Waals surface area contributed by atoms with Gasteiger partial charge in [0.05, 0.1) is 24.6 Å². The van der Waals surface area contributed by atoms with Crippen molar-refractivity contribution in [3.8, 4) is 0 Å². The lowest BCUT2D eigenvalue weighted by Gasteiger charge is -2.15. The molecule has 1 aliphatic carbocycles. The number of nitrogens with zero attached hydrogens (tertiary/aromatic N) is 2. The number of imidazole rings is 1. The van der Waals surface area contributed by atoms with Crippen LogP contribution in [0.5, 0.6) is 0 Å². The van der Waals surface area contributed by atoms with E-state index in [4.69, 9.17) is 9.84 Å². The van der Waals surface area contributed by atoms with Crippen LogP contribution in [0.3, 0.4) is 0 Å². The van der Waals surface area contributed by atoms with E-state index in [2.05, 4.69) is 9.55 Å². The van der Waals surface area contributed by atoms with Crippen LogP contribution in [-0.4, -0.2) is 27.2 Å². The third-order valence-corrected chi connectivity index (χ3v) is 3.11. The van der Waals surface area contributed by atoms with Gasteiger partial charge in [-0.25, -0.2) is 4.98 Å². The van der Waals surface area contributed by atoms with Crippen LogP contribution >= 0.6 is 0 Å². The lowest BCUT2D eigenvalue weighted by molar-refractivity contribution is -0.136. The minimum atomic E-state index is -0.815. The largest absolute Gasteiger partial charge is 0.481 e. The van der Waals surface area contributed by atoms with Gasteiger partial charge in [0, 0.05) is 12.5 Å². The Morgan fingerprint density at radius 1 is 1.56 bits per heavy atom. The maximum Gasteiger partial charge on any atom is 0.311 e. The highest BCUT2D eigenvalue weighted by atomic mass is 16.5. The fourth-order valence-corrected chi connectivity index (χ4v) is 2.28. The summed E-state index contributed by atoms with van der Waals surface area (Å²) < 4.78 is 7.52. The number of hydrogen-bond donors (Lipinski definition) is 1. The monoisotopic (exact) mass is 222 g/mol. The molecule has 0 atom stereocenters. The predicted octanol–water partition coefficient (Wildman–Crippen LogP) is 0.918. The van der Waals surface area contributed by atoms with Crippen molar-refractivity contribution < 1.29 is 14.6 Å². The van der Waals surface area contributed by atoms with Gasteiger partial charge in [-0.3, -0.25) is 4.79 Å². The Hall–Kier alpha value is -1.36. The van der Waals surface area contributed by atoms with Crippen LogP contribution in [-0.2, 0) is 29.0 Å². The summed E-state index contributed by atoms with van der Waals surface area (Å²) in [6.07, 6.45) is 3.09. The smallest absolute Gasteiger partial charge is 0.311 e. The number of carbonyl (C=O) groups is 1. The van der Waals surface area contributed by atoms with Gasteiger partial charge >= 0.3 is 5.97 Å². The Morgan fingerprint density at radius 3 is 3.06 bits per heavy atom. The highest BCUT2D eigenvalue weighted by Crippen LogP contribution is 2.38. The molecule has 0 spiro atoms. The van der Waals surface area contributed by atoms with Crippen molar-refractivity contribution in [2.75, 3.05) is 6.61 Å². The van der Waals surface area contributed by atoms with Crippen molar-refractivity contribution in [1.82, 2.24) is 9.55 Å². The molecule has 1 saturated carbocycles. The number of hydrogen-bond acceptors (Lipinski definition) is 3. The molecule has 1 N–H and O–H groups in total. The molecular weight excluding hydrogens is 208 g/mol. The van der Waals surface area contributed by atoms with Crippen molar-refractivity contribution in [3.05, 3.63) is 17.2 Å². The molecule has 2 heterocycles. The van der Waals surface area contributed by atoms with Gasteiger partial charge in [0.15, 0.2) is 0 Å². The third kappa shape index (κ3) is 1.61. The highest BCUT2D eigenvalue weighted by molar-refractivity contribution is 5.69. The quantitative estimate of drug-likeness (QED) is 0.825. The summed E-state index contributed by atoms with van der Waals surface area (Å²) in [5.74, 6) is -0.115. The van der Waals surface area contributed by atoms with Crippen molar-refractivity contribution in [2.24, 2.45) is 0 Å². The van der Waals surface area contributed by atoms with Crippen LogP contribution in [0.25, 0.3) is 0 Å². The second-order valence-electron chi connectivity index (χ2n) is 4.40. The van der Waals surface area contributed by atoms with Gasteiger partial charge < -0.3 is 14.4 Å².